The number of hydrogen-bond donors (Lipinski definition) is 1. The molecule has 2 heterocycles. The van der Waals surface area contributed by atoms with Crippen LogP contribution in [0, 0.1) is 0 Å². The van der Waals surface area contributed by atoms with Gasteiger partial charge in [-0.25, -0.2) is 0 Å². The van der Waals surface area contributed by atoms with Crippen molar-refractivity contribution in [3.63, 3.8) is 0 Å². The van der Waals surface area contributed by atoms with Gasteiger partial charge in [0.15, 0.2) is 11.5 Å². The maximum Gasteiger partial charge on any atom is 0.261 e. The molecule has 0 saturated heterocycles. The lowest BCUT2D eigenvalue weighted by Crippen LogP contribution is -2.31. The van der Waals surface area contributed by atoms with Crippen molar-refractivity contribution >= 4 is 23.4 Å². The third kappa shape index (κ3) is 3.69. The Hall–Kier alpha value is -4.13. The average molecular weight is 428 g/mol. The molecule has 0 unspecified atom stereocenters. The Labute approximate surface area is 184 Å². The molecule has 7 heteroatoms. The Morgan fingerprint density at radius 3 is 2.41 bits per heavy atom. The molecule has 0 saturated carbocycles. The predicted molar refractivity (Wildman–Crippen MR) is 117 cm³/mol. The third-order valence-corrected chi connectivity index (χ3v) is 5.50. The van der Waals surface area contributed by atoms with E-state index in [2.05, 4.69) is 5.32 Å². The van der Waals surface area contributed by atoms with Crippen molar-refractivity contribution in [3.05, 3.63) is 89.0 Å². The van der Waals surface area contributed by atoms with Gasteiger partial charge in [0.1, 0.15) is 13.2 Å². The number of benzene rings is 3. The minimum Gasteiger partial charge on any atom is -0.486 e. The first-order valence-electron chi connectivity index (χ1n) is 10.4. The minimum atomic E-state index is -0.382. The highest BCUT2D eigenvalue weighted by Crippen LogP contribution is 2.33. The quantitative estimate of drug-likeness (QED) is 0.629. The van der Waals surface area contributed by atoms with Gasteiger partial charge < -0.3 is 14.8 Å². The second-order valence-corrected chi connectivity index (χ2v) is 7.57. The summed E-state index contributed by atoms with van der Waals surface area (Å²) in [6.45, 7) is 1.23. The topological polar surface area (TPSA) is 84.9 Å². The molecule has 0 aromatic heterocycles. The van der Waals surface area contributed by atoms with Crippen molar-refractivity contribution < 1.29 is 23.9 Å². The molecule has 0 atom stereocenters. The Bertz CT molecular complexity index is 1220. The fourth-order valence-electron chi connectivity index (χ4n) is 3.84. The number of hydrogen-bond acceptors (Lipinski definition) is 5. The number of nitrogens with zero attached hydrogens (tertiary/aromatic N) is 1. The van der Waals surface area contributed by atoms with Crippen LogP contribution in [0.15, 0.2) is 66.7 Å². The number of ether oxygens (including phenoxy) is 2. The summed E-state index contributed by atoms with van der Waals surface area (Å²) < 4.78 is 11.0. The monoisotopic (exact) mass is 428 g/mol. The molecule has 1 N–H and O–H groups in total. The highest BCUT2D eigenvalue weighted by molar-refractivity contribution is 6.22. The van der Waals surface area contributed by atoms with E-state index < -0.39 is 0 Å². The third-order valence-electron chi connectivity index (χ3n) is 5.50. The van der Waals surface area contributed by atoms with Crippen LogP contribution in [0.2, 0.25) is 0 Å². The van der Waals surface area contributed by atoms with Crippen molar-refractivity contribution in [2.75, 3.05) is 25.1 Å². The van der Waals surface area contributed by atoms with Crippen LogP contribution in [0.1, 0.15) is 36.6 Å². The number of carbonyl (C=O) groups is 3. The van der Waals surface area contributed by atoms with E-state index in [9.17, 15) is 14.4 Å². The summed E-state index contributed by atoms with van der Waals surface area (Å²) in [6.07, 6.45) is 0.573. The van der Waals surface area contributed by atoms with Crippen LogP contribution >= 0.6 is 0 Å². The molecule has 0 radical (unpaired) electrons. The number of rotatable bonds is 5. The maximum atomic E-state index is 12.9. The first kappa shape index (κ1) is 19.8. The number of amides is 3. The molecule has 32 heavy (non-hydrogen) atoms. The lowest BCUT2D eigenvalue weighted by molar-refractivity contribution is 0.0656. The minimum absolute atomic E-state index is 0.248. The van der Waals surface area contributed by atoms with Crippen LogP contribution < -0.4 is 14.8 Å². The van der Waals surface area contributed by atoms with Crippen molar-refractivity contribution in [2.45, 2.75) is 6.42 Å². The van der Waals surface area contributed by atoms with Crippen molar-refractivity contribution in [3.8, 4) is 11.5 Å². The van der Waals surface area contributed by atoms with Gasteiger partial charge in [-0.05, 0) is 42.3 Å². The summed E-state index contributed by atoms with van der Waals surface area (Å²) in [5.41, 5.74) is 2.46. The maximum absolute atomic E-state index is 12.9. The van der Waals surface area contributed by atoms with E-state index >= 15 is 0 Å². The Morgan fingerprint density at radius 2 is 1.59 bits per heavy atom. The van der Waals surface area contributed by atoms with Crippen LogP contribution in [-0.2, 0) is 6.42 Å². The van der Waals surface area contributed by atoms with E-state index in [4.69, 9.17) is 9.47 Å². The molecular formula is C25H20N2O5. The zero-order valence-corrected chi connectivity index (χ0v) is 17.2. The lowest BCUT2D eigenvalue weighted by Gasteiger charge is -2.19. The first-order chi connectivity index (χ1) is 15.6. The molecule has 0 spiro atoms. The van der Waals surface area contributed by atoms with Crippen LogP contribution in [-0.4, -0.2) is 42.4 Å². The van der Waals surface area contributed by atoms with Gasteiger partial charge >= 0.3 is 0 Å². The molecule has 3 aromatic carbocycles. The summed E-state index contributed by atoms with van der Waals surface area (Å²) in [6, 6.07) is 19.4. The molecule has 0 fully saturated rings. The summed E-state index contributed by atoms with van der Waals surface area (Å²) in [7, 11) is 0. The van der Waals surface area contributed by atoms with Gasteiger partial charge in [0, 0.05) is 23.9 Å². The second kappa shape index (κ2) is 8.19. The molecule has 3 amide bonds. The van der Waals surface area contributed by atoms with E-state index in [-0.39, 0.29) is 29.8 Å². The van der Waals surface area contributed by atoms with E-state index in [0.29, 0.717) is 47.9 Å². The summed E-state index contributed by atoms with van der Waals surface area (Å²) in [5, 5.41) is 2.80. The normalized spacial score (nSPS) is 14.3. The molecule has 2 aliphatic heterocycles. The number of nitrogens with one attached hydrogen (secondary N) is 1. The summed E-state index contributed by atoms with van der Waals surface area (Å²) in [5.74, 6) is 0.103. The highest BCUT2D eigenvalue weighted by Gasteiger charge is 2.35. The molecule has 2 aliphatic rings. The fourth-order valence-corrected chi connectivity index (χ4v) is 3.84. The van der Waals surface area contributed by atoms with Crippen LogP contribution in [0.25, 0.3) is 0 Å². The van der Waals surface area contributed by atoms with Crippen LogP contribution in [0.3, 0.4) is 0 Å². The van der Waals surface area contributed by atoms with E-state index in [0.717, 1.165) is 5.56 Å². The van der Waals surface area contributed by atoms with Crippen molar-refractivity contribution in [2.24, 2.45) is 0 Å². The number of anilines is 1. The molecule has 5 rings (SSSR count). The first-order valence-corrected chi connectivity index (χ1v) is 10.4. The van der Waals surface area contributed by atoms with Crippen molar-refractivity contribution in [1.29, 1.82) is 0 Å². The molecule has 3 aromatic rings. The van der Waals surface area contributed by atoms with Crippen LogP contribution in [0.4, 0.5) is 5.69 Å². The Morgan fingerprint density at radius 1 is 0.844 bits per heavy atom. The smallest absolute Gasteiger partial charge is 0.261 e. The Balaban J connectivity index is 1.31. The van der Waals surface area contributed by atoms with Gasteiger partial charge in [0.25, 0.3) is 17.7 Å². The van der Waals surface area contributed by atoms with Crippen molar-refractivity contribution in [1.82, 2.24) is 4.90 Å². The summed E-state index contributed by atoms with van der Waals surface area (Å²) in [4.78, 5) is 39.6. The molecule has 7 nitrogen and oxygen atoms in total. The Kier molecular flexibility index (Phi) is 5.07. The fraction of sp³-hybridized carbons (Fsp3) is 0.160. The average Bonchev–Trinajstić information content (AvgIpc) is 3.07. The van der Waals surface area contributed by atoms with Gasteiger partial charge in [-0.2, -0.15) is 0 Å². The van der Waals surface area contributed by atoms with Gasteiger partial charge in [-0.1, -0.05) is 30.3 Å². The van der Waals surface area contributed by atoms with E-state index in [1.165, 1.54) is 17.0 Å². The predicted octanol–water partition coefficient (Wildman–Crippen LogP) is 3.55. The standard InChI is InChI=1S/C25H20N2O5/c28-23(26-18-7-9-21-22(15-18)32-13-12-31-21)17-6-8-19-20(14-17)25(30)27(24(19)29)11-10-16-4-2-1-3-5-16/h1-9,14-15H,10-13H2,(H,26,28). The molecule has 0 bridgehead atoms. The van der Waals surface area contributed by atoms with Gasteiger partial charge in [-0.15, -0.1) is 0 Å². The molecule has 160 valence electrons. The second-order valence-electron chi connectivity index (χ2n) is 7.57. The number of imide groups is 1. The van der Waals surface area contributed by atoms with E-state index in [1.807, 2.05) is 30.3 Å². The SMILES string of the molecule is O=C(Nc1ccc2c(c1)OCCO2)c1ccc2c(c1)C(=O)N(CCc1ccccc1)C2=O. The number of fused-ring (bicyclic) bond motifs is 2. The zero-order chi connectivity index (χ0) is 22.1. The van der Waals surface area contributed by atoms with E-state index in [1.54, 1.807) is 24.3 Å². The summed E-state index contributed by atoms with van der Waals surface area (Å²) >= 11 is 0. The van der Waals surface area contributed by atoms with Gasteiger partial charge in [0.05, 0.1) is 11.1 Å². The molecular weight excluding hydrogens is 408 g/mol. The zero-order valence-electron chi connectivity index (χ0n) is 17.2. The van der Waals surface area contributed by atoms with Crippen LogP contribution in [0.5, 0.6) is 11.5 Å². The highest BCUT2D eigenvalue weighted by atomic mass is 16.6. The van der Waals surface area contributed by atoms with Gasteiger partial charge in [0.2, 0.25) is 0 Å². The largest absolute Gasteiger partial charge is 0.486 e. The van der Waals surface area contributed by atoms with Gasteiger partial charge in [-0.3, -0.25) is 19.3 Å². The lowest BCUT2D eigenvalue weighted by atomic mass is 10.1. The number of carbonyl (C=O) groups excluding carboxylic acids is 3. The molecule has 0 aliphatic carbocycles.